The van der Waals surface area contributed by atoms with Gasteiger partial charge in [0.25, 0.3) is 0 Å². The second-order valence-electron chi connectivity index (χ2n) is 6.59. The zero-order chi connectivity index (χ0) is 15.7. The Morgan fingerprint density at radius 1 is 1.45 bits per heavy atom. The molecule has 0 amide bonds. The molecule has 1 aromatic carbocycles. The molecule has 0 spiro atoms. The fourth-order valence-electron chi connectivity index (χ4n) is 4.03. The van der Waals surface area contributed by atoms with Crippen LogP contribution < -0.4 is 4.72 Å². The van der Waals surface area contributed by atoms with E-state index < -0.39 is 11.3 Å². The molecule has 1 aliphatic carbocycles. The lowest BCUT2D eigenvalue weighted by molar-refractivity contribution is 0.227. The fraction of sp³-hybridized carbons (Fsp3) is 0.625. The number of nitrogens with zero attached hydrogens (tertiary/aromatic N) is 1. The van der Waals surface area contributed by atoms with Gasteiger partial charge in [0.15, 0.2) is 0 Å². The van der Waals surface area contributed by atoms with Crippen LogP contribution in [0.1, 0.15) is 24.5 Å². The smallest absolute Gasteiger partial charge is 0.0443 e. The lowest BCUT2D eigenvalue weighted by Crippen LogP contribution is -2.30. The summed E-state index contributed by atoms with van der Waals surface area (Å²) in [5, 5.41) is 8.93. The standard InChI is InChI=1S/C16H24N2O3S/c1-16(14-10-18(6-3-7-19)11-15(14)16)13-5-2-4-12(8-13)9-17-22(20)21/h2,4-5,8,14-15,17,19H,3,6-7,9-11H2,1H3,(H,20,21)/p-1. The van der Waals surface area contributed by atoms with E-state index in [9.17, 15) is 8.76 Å². The number of hydrogen-bond donors (Lipinski definition) is 2. The summed E-state index contributed by atoms with van der Waals surface area (Å²) in [6.45, 7) is 6.13. The molecule has 2 aliphatic rings. The maximum atomic E-state index is 10.6. The van der Waals surface area contributed by atoms with E-state index in [-0.39, 0.29) is 12.0 Å². The van der Waals surface area contributed by atoms with Crippen molar-refractivity contribution in [2.24, 2.45) is 11.8 Å². The number of likely N-dealkylation sites (tertiary alicyclic amines) is 1. The van der Waals surface area contributed by atoms with E-state index in [4.69, 9.17) is 5.11 Å². The Labute approximate surface area is 134 Å². The SMILES string of the molecule is CC1(c2cccc(CNS(=O)[O-])c2)C2CN(CCCO)CC21. The van der Waals surface area contributed by atoms with Gasteiger partial charge in [-0.15, -0.1) is 0 Å². The lowest BCUT2D eigenvalue weighted by Gasteiger charge is -2.24. The number of piperidine rings is 1. The normalized spacial score (nSPS) is 32.0. The van der Waals surface area contributed by atoms with Gasteiger partial charge in [-0.25, -0.2) is 4.72 Å². The average Bonchev–Trinajstić information content (AvgIpc) is 2.88. The molecule has 0 radical (unpaired) electrons. The molecule has 1 aromatic rings. The van der Waals surface area contributed by atoms with E-state index in [2.05, 4.69) is 28.7 Å². The summed E-state index contributed by atoms with van der Waals surface area (Å²) < 4.78 is 23.7. The van der Waals surface area contributed by atoms with Crippen LogP contribution in [-0.2, 0) is 23.2 Å². The maximum Gasteiger partial charge on any atom is 0.0443 e. The highest BCUT2D eigenvalue weighted by molar-refractivity contribution is 7.77. The van der Waals surface area contributed by atoms with Crippen molar-refractivity contribution >= 4 is 11.3 Å². The number of aliphatic hydroxyl groups is 1. The maximum absolute atomic E-state index is 10.6. The average molecular weight is 323 g/mol. The predicted molar refractivity (Wildman–Crippen MR) is 84.7 cm³/mol. The fourth-order valence-corrected chi connectivity index (χ4v) is 4.31. The van der Waals surface area contributed by atoms with Crippen molar-refractivity contribution in [1.82, 2.24) is 9.62 Å². The van der Waals surface area contributed by atoms with Gasteiger partial charge in [0, 0.05) is 49.5 Å². The molecule has 1 saturated carbocycles. The Balaban J connectivity index is 1.64. The second-order valence-corrected chi connectivity index (χ2v) is 7.35. The summed E-state index contributed by atoms with van der Waals surface area (Å²) in [6, 6.07) is 8.27. The van der Waals surface area contributed by atoms with E-state index in [1.54, 1.807) is 0 Å². The van der Waals surface area contributed by atoms with Crippen LogP contribution in [0, 0.1) is 11.8 Å². The highest BCUT2D eigenvalue weighted by Gasteiger charge is 2.65. The summed E-state index contributed by atoms with van der Waals surface area (Å²) in [7, 11) is 0. The summed E-state index contributed by atoms with van der Waals surface area (Å²) in [6.07, 6.45) is 0.851. The quantitative estimate of drug-likeness (QED) is 0.727. The van der Waals surface area contributed by atoms with Crippen LogP contribution in [0.5, 0.6) is 0 Å². The Kier molecular flexibility index (Phi) is 4.66. The van der Waals surface area contributed by atoms with Crippen molar-refractivity contribution in [3.8, 4) is 0 Å². The third-order valence-corrected chi connectivity index (χ3v) is 5.78. The molecular weight excluding hydrogens is 300 g/mol. The van der Waals surface area contributed by atoms with Crippen molar-refractivity contribution in [3.05, 3.63) is 35.4 Å². The minimum Gasteiger partial charge on any atom is -0.760 e. The Bertz CT molecular complexity index is 554. The first kappa shape index (κ1) is 16.1. The number of aliphatic hydroxyl groups excluding tert-OH is 1. The lowest BCUT2D eigenvalue weighted by atomic mass is 9.91. The molecule has 2 N–H and O–H groups in total. The molecule has 1 aliphatic heterocycles. The summed E-state index contributed by atoms with van der Waals surface area (Å²) >= 11 is -2.22. The third kappa shape index (κ3) is 2.98. The van der Waals surface area contributed by atoms with Gasteiger partial charge in [0.1, 0.15) is 0 Å². The zero-order valence-electron chi connectivity index (χ0n) is 12.8. The van der Waals surface area contributed by atoms with Crippen LogP contribution in [0.4, 0.5) is 0 Å². The Morgan fingerprint density at radius 2 is 2.18 bits per heavy atom. The first-order valence-corrected chi connectivity index (χ1v) is 8.88. The highest BCUT2D eigenvalue weighted by Crippen LogP contribution is 2.63. The van der Waals surface area contributed by atoms with Crippen molar-refractivity contribution < 1.29 is 13.9 Å². The van der Waals surface area contributed by atoms with Crippen molar-refractivity contribution in [3.63, 3.8) is 0 Å². The van der Waals surface area contributed by atoms with Crippen LogP contribution >= 0.6 is 0 Å². The second kappa shape index (κ2) is 6.37. The molecule has 3 rings (SSSR count). The van der Waals surface area contributed by atoms with Crippen LogP contribution in [0.2, 0.25) is 0 Å². The summed E-state index contributed by atoms with van der Waals surface area (Å²) in [4.78, 5) is 2.44. The minimum atomic E-state index is -2.22. The van der Waals surface area contributed by atoms with Gasteiger partial charge in [-0.1, -0.05) is 31.2 Å². The van der Waals surface area contributed by atoms with Crippen molar-refractivity contribution in [2.75, 3.05) is 26.2 Å². The molecule has 0 aromatic heterocycles. The molecule has 3 unspecified atom stereocenters. The Hall–Kier alpha value is -0.790. The molecule has 22 heavy (non-hydrogen) atoms. The van der Waals surface area contributed by atoms with Crippen LogP contribution in [0.15, 0.2) is 24.3 Å². The largest absolute Gasteiger partial charge is 0.760 e. The number of benzene rings is 1. The van der Waals surface area contributed by atoms with E-state index in [0.717, 1.165) is 31.6 Å². The first-order valence-electron chi connectivity index (χ1n) is 7.81. The molecule has 6 heteroatoms. The van der Waals surface area contributed by atoms with Gasteiger partial charge in [-0.3, -0.25) is 4.21 Å². The van der Waals surface area contributed by atoms with Gasteiger partial charge >= 0.3 is 0 Å². The van der Waals surface area contributed by atoms with Crippen molar-refractivity contribution in [2.45, 2.75) is 25.3 Å². The van der Waals surface area contributed by atoms with E-state index in [0.29, 0.717) is 18.4 Å². The molecule has 122 valence electrons. The molecule has 5 nitrogen and oxygen atoms in total. The Morgan fingerprint density at radius 3 is 2.82 bits per heavy atom. The topological polar surface area (TPSA) is 75.6 Å². The van der Waals surface area contributed by atoms with E-state index >= 15 is 0 Å². The molecular formula is C16H23N2O3S-. The number of hydrogen-bond acceptors (Lipinski definition) is 4. The minimum absolute atomic E-state index is 0.225. The molecule has 3 atom stereocenters. The number of rotatable bonds is 7. The van der Waals surface area contributed by atoms with Gasteiger partial charge in [-0.05, 0) is 29.4 Å². The highest BCUT2D eigenvalue weighted by atomic mass is 32.2. The predicted octanol–water partition coefficient (Wildman–Crippen LogP) is 0.772. The monoisotopic (exact) mass is 323 g/mol. The summed E-state index contributed by atoms with van der Waals surface area (Å²) in [5.74, 6) is 1.37. The number of nitrogens with one attached hydrogen (secondary N) is 1. The summed E-state index contributed by atoms with van der Waals surface area (Å²) in [5.41, 5.74) is 2.55. The molecule has 1 heterocycles. The van der Waals surface area contributed by atoms with Crippen molar-refractivity contribution in [1.29, 1.82) is 0 Å². The molecule has 0 bridgehead atoms. The van der Waals surface area contributed by atoms with Gasteiger partial charge in [-0.2, -0.15) is 0 Å². The first-order chi connectivity index (χ1) is 10.6. The van der Waals surface area contributed by atoms with Crippen LogP contribution in [0.25, 0.3) is 0 Å². The van der Waals surface area contributed by atoms with Gasteiger partial charge in [0.05, 0.1) is 0 Å². The van der Waals surface area contributed by atoms with Crippen LogP contribution in [-0.4, -0.2) is 45.0 Å². The van der Waals surface area contributed by atoms with E-state index in [1.165, 1.54) is 5.56 Å². The van der Waals surface area contributed by atoms with Crippen LogP contribution in [0.3, 0.4) is 0 Å². The number of fused-ring (bicyclic) bond motifs is 1. The molecule has 2 fully saturated rings. The molecule has 1 saturated heterocycles. The zero-order valence-corrected chi connectivity index (χ0v) is 13.6. The van der Waals surface area contributed by atoms with Gasteiger partial charge in [0.2, 0.25) is 0 Å². The van der Waals surface area contributed by atoms with E-state index in [1.807, 2.05) is 12.1 Å². The van der Waals surface area contributed by atoms with Gasteiger partial charge < -0.3 is 14.6 Å². The third-order valence-electron chi connectivity index (χ3n) is 5.40.